The molecular formula is C32H30IN3O6. The second-order valence-corrected chi connectivity index (χ2v) is 12.1. The highest BCUT2D eigenvalue weighted by molar-refractivity contribution is 14.1. The number of esters is 1. The van der Waals surface area contributed by atoms with E-state index in [1.54, 1.807) is 17.6 Å². The van der Waals surface area contributed by atoms with Gasteiger partial charge in [0.05, 0.1) is 29.0 Å². The van der Waals surface area contributed by atoms with Gasteiger partial charge in [-0.05, 0) is 88.9 Å². The summed E-state index contributed by atoms with van der Waals surface area (Å²) in [5, 5.41) is 22.0. The molecule has 4 heterocycles. The van der Waals surface area contributed by atoms with Gasteiger partial charge in [-0.15, -0.1) is 0 Å². The highest BCUT2D eigenvalue weighted by Crippen LogP contribution is 2.40. The first-order valence-corrected chi connectivity index (χ1v) is 15.1. The van der Waals surface area contributed by atoms with Gasteiger partial charge in [0, 0.05) is 33.2 Å². The molecule has 2 aliphatic heterocycles. The molecule has 216 valence electrons. The fourth-order valence-electron chi connectivity index (χ4n) is 6.09. The Hall–Kier alpha value is -3.77. The molecule has 2 aliphatic rings. The second-order valence-electron chi connectivity index (χ2n) is 10.8. The molecule has 0 unspecified atom stereocenters. The van der Waals surface area contributed by atoms with Crippen LogP contribution in [0.5, 0.6) is 0 Å². The summed E-state index contributed by atoms with van der Waals surface area (Å²) in [5.41, 5.74) is 4.28. The molecule has 2 aromatic carbocycles. The lowest BCUT2D eigenvalue weighted by Gasteiger charge is -2.31. The van der Waals surface area contributed by atoms with Crippen molar-refractivity contribution in [2.45, 2.75) is 58.4 Å². The first-order valence-electron chi connectivity index (χ1n) is 14.0. The van der Waals surface area contributed by atoms with Crippen molar-refractivity contribution in [1.29, 1.82) is 0 Å². The summed E-state index contributed by atoms with van der Waals surface area (Å²) in [6.07, 6.45) is 0.410. The Kier molecular flexibility index (Phi) is 7.30. The lowest BCUT2D eigenvalue weighted by Crippen LogP contribution is -2.44. The zero-order valence-corrected chi connectivity index (χ0v) is 25.5. The molecule has 0 saturated heterocycles. The standard InChI is InChI=1S/C32H30IN3O6/c1-3-21-22-13-19(15-35(31(39)40)12-11-18-5-8-20(33)9-6-18)7-10-26(22)34-28-23(21)16-36-27(28)14-25-24(29(36)37)17-42-30(38)32(25,41)4-2/h5-10,13-14,41H,3-4,11-12,15-17H2,1-2H3,(H,39,40)/t32-/m0/s1. The molecule has 0 radical (unpaired) electrons. The predicted octanol–water partition coefficient (Wildman–Crippen LogP) is 4.97. The molecule has 10 heteroatoms. The van der Waals surface area contributed by atoms with Crippen LogP contribution in [0, 0.1) is 3.57 Å². The zero-order valence-electron chi connectivity index (χ0n) is 23.3. The van der Waals surface area contributed by atoms with Crippen LogP contribution in [0.3, 0.4) is 0 Å². The number of ether oxygens (including phenoxy) is 1. The zero-order chi connectivity index (χ0) is 29.8. The van der Waals surface area contributed by atoms with Gasteiger partial charge in [0.2, 0.25) is 0 Å². The summed E-state index contributed by atoms with van der Waals surface area (Å²) in [4.78, 5) is 44.5. The highest BCUT2D eigenvalue weighted by Gasteiger charge is 2.45. The number of pyridine rings is 2. The molecule has 0 fully saturated rings. The number of aromatic nitrogens is 2. The quantitative estimate of drug-likeness (QED) is 0.184. The minimum absolute atomic E-state index is 0.0841. The lowest BCUT2D eigenvalue weighted by molar-refractivity contribution is -0.172. The lowest BCUT2D eigenvalue weighted by atomic mass is 9.86. The summed E-state index contributed by atoms with van der Waals surface area (Å²) in [6, 6.07) is 15.6. The van der Waals surface area contributed by atoms with Gasteiger partial charge >= 0.3 is 12.1 Å². The van der Waals surface area contributed by atoms with Crippen LogP contribution >= 0.6 is 22.6 Å². The normalized spacial score (nSPS) is 17.0. The topological polar surface area (TPSA) is 122 Å². The number of benzene rings is 2. The molecule has 0 aliphatic carbocycles. The van der Waals surface area contributed by atoms with Crippen molar-refractivity contribution in [3.05, 3.63) is 95.8 Å². The van der Waals surface area contributed by atoms with Crippen molar-refractivity contribution < 1.29 is 24.5 Å². The number of cyclic esters (lactones) is 1. The Balaban J connectivity index is 1.37. The van der Waals surface area contributed by atoms with Crippen LogP contribution in [0.1, 0.15) is 53.6 Å². The largest absolute Gasteiger partial charge is 0.465 e. The van der Waals surface area contributed by atoms with E-state index >= 15 is 0 Å². The number of hydrogen-bond acceptors (Lipinski definition) is 6. The first kappa shape index (κ1) is 28.4. The Bertz CT molecular complexity index is 1820. The number of rotatable bonds is 7. The number of nitrogens with zero attached hydrogens (tertiary/aromatic N) is 3. The van der Waals surface area contributed by atoms with E-state index in [1.807, 2.05) is 49.4 Å². The maximum absolute atomic E-state index is 13.6. The van der Waals surface area contributed by atoms with Crippen molar-refractivity contribution in [2.24, 2.45) is 0 Å². The van der Waals surface area contributed by atoms with Gasteiger partial charge in [-0.1, -0.05) is 32.0 Å². The Morgan fingerprint density at radius 3 is 2.52 bits per heavy atom. The average Bonchev–Trinajstić information content (AvgIpc) is 3.35. The molecule has 1 amide bonds. The third-order valence-electron chi connectivity index (χ3n) is 8.45. The number of fused-ring (bicyclic) bond motifs is 5. The van der Waals surface area contributed by atoms with Crippen LogP contribution in [0.15, 0.2) is 53.3 Å². The third kappa shape index (κ3) is 4.66. The Morgan fingerprint density at radius 1 is 1.10 bits per heavy atom. The molecule has 6 rings (SSSR count). The van der Waals surface area contributed by atoms with E-state index in [1.165, 1.54) is 4.90 Å². The van der Waals surface area contributed by atoms with E-state index in [2.05, 4.69) is 22.6 Å². The number of carbonyl (C=O) groups is 2. The van der Waals surface area contributed by atoms with Gasteiger partial charge in [-0.3, -0.25) is 4.79 Å². The number of amides is 1. The smallest absolute Gasteiger partial charge is 0.407 e. The first-order chi connectivity index (χ1) is 20.1. The minimum atomic E-state index is -1.88. The molecule has 0 saturated carbocycles. The predicted molar refractivity (Wildman–Crippen MR) is 165 cm³/mol. The van der Waals surface area contributed by atoms with Gasteiger partial charge in [0.15, 0.2) is 5.60 Å². The van der Waals surface area contributed by atoms with E-state index in [9.17, 15) is 24.6 Å². The van der Waals surface area contributed by atoms with Crippen molar-refractivity contribution in [3.63, 3.8) is 0 Å². The monoisotopic (exact) mass is 679 g/mol. The van der Waals surface area contributed by atoms with Crippen molar-refractivity contribution in [1.82, 2.24) is 14.5 Å². The molecule has 2 aromatic heterocycles. The number of aliphatic hydroxyl groups is 1. The summed E-state index contributed by atoms with van der Waals surface area (Å²) in [6.45, 7) is 4.49. The van der Waals surface area contributed by atoms with E-state index in [0.717, 1.165) is 36.7 Å². The van der Waals surface area contributed by atoms with E-state index in [-0.39, 0.29) is 25.1 Å². The van der Waals surface area contributed by atoms with Crippen LogP contribution in [0.2, 0.25) is 0 Å². The molecule has 2 N–H and O–H groups in total. The minimum Gasteiger partial charge on any atom is -0.465 e. The van der Waals surface area contributed by atoms with Crippen LogP contribution in [-0.2, 0) is 47.7 Å². The highest BCUT2D eigenvalue weighted by atomic mass is 127. The molecule has 9 nitrogen and oxygen atoms in total. The molecule has 42 heavy (non-hydrogen) atoms. The van der Waals surface area contributed by atoms with Gasteiger partial charge in [-0.2, -0.15) is 0 Å². The fraction of sp³-hybridized carbons (Fsp3) is 0.312. The number of carboxylic acid groups (broad SMARTS) is 1. The van der Waals surface area contributed by atoms with Crippen molar-refractivity contribution in [3.8, 4) is 11.4 Å². The SMILES string of the molecule is CCc1c2c(nc3ccc(CN(CCc4ccc(I)cc4)C(=O)O)cc13)-c1cc3c(c(=O)n1C2)COC(=O)[C@]3(O)CC. The molecule has 1 atom stereocenters. The summed E-state index contributed by atoms with van der Waals surface area (Å²) in [5.74, 6) is -0.748. The number of carbonyl (C=O) groups excluding carboxylic acids is 1. The molecule has 4 aromatic rings. The Morgan fingerprint density at radius 2 is 1.83 bits per heavy atom. The van der Waals surface area contributed by atoms with Crippen LogP contribution < -0.4 is 5.56 Å². The molecular weight excluding hydrogens is 649 g/mol. The maximum atomic E-state index is 13.6. The van der Waals surface area contributed by atoms with E-state index < -0.39 is 17.7 Å². The van der Waals surface area contributed by atoms with Gasteiger partial charge < -0.3 is 24.4 Å². The number of aryl methyl sites for hydroxylation is 1. The van der Waals surface area contributed by atoms with Gasteiger partial charge in [-0.25, -0.2) is 14.6 Å². The number of halogens is 1. The van der Waals surface area contributed by atoms with E-state index in [4.69, 9.17) is 9.72 Å². The third-order valence-corrected chi connectivity index (χ3v) is 9.17. The number of hydrogen-bond donors (Lipinski definition) is 2. The van der Waals surface area contributed by atoms with Crippen molar-refractivity contribution in [2.75, 3.05) is 6.54 Å². The summed E-state index contributed by atoms with van der Waals surface area (Å²) in [7, 11) is 0. The van der Waals surface area contributed by atoms with Gasteiger partial charge in [0.25, 0.3) is 5.56 Å². The molecule has 0 bridgehead atoms. The average molecular weight is 680 g/mol. The van der Waals surface area contributed by atoms with Crippen LogP contribution in [-0.4, -0.2) is 43.3 Å². The summed E-state index contributed by atoms with van der Waals surface area (Å²) >= 11 is 2.25. The maximum Gasteiger partial charge on any atom is 0.407 e. The Labute approximate surface area is 255 Å². The summed E-state index contributed by atoms with van der Waals surface area (Å²) < 4.78 is 7.95. The van der Waals surface area contributed by atoms with Gasteiger partial charge in [0.1, 0.15) is 6.61 Å². The van der Waals surface area contributed by atoms with Crippen molar-refractivity contribution >= 4 is 45.6 Å². The molecule has 0 spiro atoms. The fourth-order valence-corrected chi connectivity index (χ4v) is 6.45. The van der Waals surface area contributed by atoms with Crippen LogP contribution in [0.4, 0.5) is 4.79 Å². The van der Waals surface area contributed by atoms with Crippen LogP contribution in [0.25, 0.3) is 22.3 Å². The van der Waals surface area contributed by atoms with E-state index in [0.29, 0.717) is 48.4 Å². The second kappa shape index (κ2) is 10.8.